The number of para-hydroxylation sites is 1. The van der Waals surface area contributed by atoms with Crippen molar-refractivity contribution >= 4 is 5.69 Å². The third-order valence-electron chi connectivity index (χ3n) is 2.72. The Kier molecular flexibility index (Phi) is 4.20. The molecule has 0 saturated heterocycles. The van der Waals surface area contributed by atoms with Gasteiger partial charge in [0.15, 0.2) is 0 Å². The van der Waals surface area contributed by atoms with Gasteiger partial charge in [-0.15, -0.1) is 0 Å². The van der Waals surface area contributed by atoms with E-state index in [2.05, 4.69) is 5.32 Å². The fraction of sp³-hybridized carbons (Fsp3) is 0.143. The van der Waals surface area contributed by atoms with E-state index >= 15 is 0 Å². The highest BCUT2D eigenvalue weighted by Gasteiger charge is 2.11. The molecule has 98 valence electrons. The predicted molar refractivity (Wildman–Crippen MR) is 70.0 cm³/mol. The second-order valence-corrected chi connectivity index (χ2v) is 4.12. The summed E-state index contributed by atoms with van der Waals surface area (Å²) in [7, 11) is 0. The topological polar surface area (TPSA) is 55.2 Å². The number of nitro benzene ring substituents is 1. The molecule has 0 aliphatic carbocycles. The van der Waals surface area contributed by atoms with E-state index in [9.17, 15) is 14.5 Å². The maximum Gasteiger partial charge on any atom is 0.273 e. The lowest BCUT2D eigenvalue weighted by Gasteiger charge is -2.06. The molecule has 0 aromatic heterocycles. The van der Waals surface area contributed by atoms with Crippen LogP contribution in [0, 0.1) is 15.9 Å². The molecule has 0 aliphatic rings. The van der Waals surface area contributed by atoms with Crippen molar-refractivity contribution < 1.29 is 9.31 Å². The zero-order valence-electron chi connectivity index (χ0n) is 10.2. The molecule has 0 heterocycles. The van der Waals surface area contributed by atoms with Crippen LogP contribution in [0.1, 0.15) is 11.1 Å². The molecular formula is C14H13FN2O2. The normalized spacial score (nSPS) is 10.4. The predicted octanol–water partition coefficient (Wildman–Crippen LogP) is 3.02. The van der Waals surface area contributed by atoms with Gasteiger partial charge in [0, 0.05) is 24.7 Å². The van der Waals surface area contributed by atoms with Gasteiger partial charge in [0.05, 0.1) is 4.92 Å². The lowest BCUT2D eigenvalue weighted by atomic mass is 10.1. The van der Waals surface area contributed by atoms with Crippen LogP contribution in [0.4, 0.5) is 10.1 Å². The van der Waals surface area contributed by atoms with Crippen molar-refractivity contribution in [3.63, 3.8) is 0 Å². The van der Waals surface area contributed by atoms with Gasteiger partial charge in [-0.05, 0) is 17.7 Å². The van der Waals surface area contributed by atoms with Crippen LogP contribution < -0.4 is 5.32 Å². The monoisotopic (exact) mass is 260 g/mol. The number of nitrogens with zero attached hydrogens (tertiary/aromatic N) is 1. The molecule has 0 saturated carbocycles. The molecule has 19 heavy (non-hydrogen) atoms. The van der Waals surface area contributed by atoms with Crippen LogP contribution in [-0.2, 0) is 13.1 Å². The van der Waals surface area contributed by atoms with E-state index in [1.54, 1.807) is 30.3 Å². The van der Waals surface area contributed by atoms with E-state index < -0.39 is 4.92 Å². The highest BCUT2D eigenvalue weighted by molar-refractivity contribution is 5.39. The van der Waals surface area contributed by atoms with Crippen molar-refractivity contribution in [3.05, 3.63) is 75.6 Å². The first-order chi connectivity index (χ1) is 9.16. The van der Waals surface area contributed by atoms with Gasteiger partial charge >= 0.3 is 0 Å². The number of rotatable bonds is 5. The molecular weight excluding hydrogens is 247 g/mol. The first-order valence-electron chi connectivity index (χ1n) is 5.84. The Hall–Kier alpha value is -2.27. The summed E-state index contributed by atoms with van der Waals surface area (Å²) in [6.45, 7) is 0.831. The van der Waals surface area contributed by atoms with Gasteiger partial charge in [-0.2, -0.15) is 0 Å². The summed E-state index contributed by atoms with van der Waals surface area (Å²) in [6.07, 6.45) is 0. The third kappa shape index (κ3) is 3.59. The van der Waals surface area contributed by atoms with Gasteiger partial charge in [0.25, 0.3) is 5.69 Å². The maximum atomic E-state index is 13.0. The van der Waals surface area contributed by atoms with E-state index in [0.717, 1.165) is 5.56 Å². The number of halogens is 1. The molecule has 2 rings (SSSR count). The van der Waals surface area contributed by atoms with E-state index in [1.807, 2.05) is 0 Å². The fourth-order valence-electron chi connectivity index (χ4n) is 1.83. The van der Waals surface area contributed by atoms with Crippen molar-refractivity contribution in [2.45, 2.75) is 13.1 Å². The summed E-state index contributed by atoms with van der Waals surface area (Å²) in [4.78, 5) is 10.4. The molecule has 0 bridgehead atoms. The lowest BCUT2D eigenvalue weighted by Crippen LogP contribution is -2.13. The number of benzene rings is 2. The molecule has 0 radical (unpaired) electrons. The van der Waals surface area contributed by atoms with Crippen LogP contribution in [0.3, 0.4) is 0 Å². The lowest BCUT2D eigenvalue weighted by molar-refractivity contribution is -0.385. The van der Waals surface area contributed by atoms with Gasteiger partial charge in [-0.1, -0.05) is 30.3 Å². The number of hydrogen-bond donors (Lipinski definition) is 1. The highest BCUT2D eigenvalue weighted by Crippen LogP contribution is 2.17. The van der Waals surface area contributed by atoms with Crippen LogP contribution in [-0.4, -0.2) is 4.92 Å². The average molecular weight is 260 g/mol. The molecule has 0 aliphatic heterocycles. The summed E-state index contributed by atoms with van der Waals surface area (Å²) < 4.78 is 13.0. The van der Waals surface area contributed by atoms with Crippen molar-refractivity contribution in [2.24, 2.45) is 0 Å². The molecule has 0 spiro atoms. The molecule has 2 aromatic carbocycles. The van der Waals surface area contributed by atoms with Crippen LogP contribution in [0.25, 0.3) is 0 Å². The minimum Gasteiger partial charge on any atom is -0.308 e. The number of nitrogens with one attached hydrogen (secondary N) is 1. The largest absolute Gasteiger partial charge is 0.308 e. The molecule has 0 fully saturated rings. The molecule has 0 amide bonds. The second kappa shape index (κ2) is 6.06. The first-order valence-corrected chi connectivity index (χ1v) is 5.84. The fourth-order valence-corrected chi connectivity index (χ4v) is 1.83. The zero-order chi connectivity index (χ0) is 13.7. The molecule has 2 aromatic rings. The minimum absolute atomic E-state index is 0.0919. The molecule has 5 heteroatoms. The Morgan fingerprint density at radius 3 is 2.63 bits per heavy atom. The SMILES string of the molecule is O=[N+]([O-])c1ccccc1CNCc1cccc(F)c1. The number of nitro groups is 1. The molecule has 0 unspecified atom stereocenters. The molecule has 4 nitrogen and oxygen atoms in total. The second-order valence-electron chi connectivity index (χ2n) is 4.12. The van der Waals surface area contributed by atoms with Gasteiger partial charge in [-0.3, -0.25) is 10.1 Å². The van der Waals surface area contributed by atoms with Gasteiger partial charge in [0.2, 0.25) is 0 Å². The van der Waals surface area contributed by atoms with Crippen molar-refractivity contribution in [2.75, 3.05) is 0 Å². The minimum atomic E-state index is -0.404. The maximum absolute atomic E-state index is 13.0. The summed E-state index contributed by atoms with van der Waals surface area (Å²) in [5, 5.41) is 13.9. The summed E-state index contributed by atoms with van der Waals surface area (Å²) in [5.74, 6) is -0.287. The standard InChI is InChI=1S/C14H13FN2O2/c15-13-6-3-4-11(8-13)9-16-10-12-5-1-2-7-14(12)17(18)19/h1-8,16H,9-10H2. The van der Waals surface area contributed by atoms with Crippen molar-refractivity contribution in [1.82, 2.24) is 5.32 Å². The summed E-state index contributed by atoms with van der Waals surface area (Å²) in [5.41, 5.74) is 1.51. The first kappa shape index (κ1) is 13.2. The van der Waals surface area contributed by atoms with E-state index in [-0.39, 0.29) is 11.5 Å². The van der Waals surface area contributed by atoms with E-state index in [4.69, 9.17) is 0 Å². The zero-order valence-corrected chi connectivity index (χ0v) is 10.2. The van der Waals surface area contributed by atoms with Gasteiger partial charge in [-0.25, -0.2) is 4.39 Å². The smallest absolute Gasteiger partial charge is 0.273 e. The van der Waals surface area contributed by atoms with Gasteiger partial charge < -0.3 is 5.32 Å². The Bertz CT molecular complexity index is 587. The van der Waals surface area contributed by atoms with Crippen molar-refractivity contribution in [3.8, 4) is 0 Å². The van der Waals surface area contributed by atoms with Gasteiger partial charge in [0.1, 0.15) is 5.82 Å². The average Bonchev–Trinajstić information content (AvgIpc) is 2.39. The Morgan fingerprint density at radius 1 is 1.11 bits per heavy atom. The number of hydrogen-bond acceptors (Lipinski definition) is 3. The van der Waals surface area contributed by atoms with E-state index in [0.29, 0.717) is 18.7 Å². The Morgan fingerprint density at radius 2 is 1.89 bits per heavy atom. The Labute approximate surface area is 110 Å². The highest BCUT2D eigenvalue weighted by atomic mass is 19.1. The summed E-state index contributed by atoms with van der Waals surface area (Å²) >= 11 is 0. The van der Waals surface area contributed by atoms with Crippen LogP contribution >= 0.6 is 0 Å². The van der Waals surface area contributed by atoms with Crippen LogP contribution in [0.5, 0.6) is 0 Å². The Balaban J connectivity index is 1.98. The molecule has 0 atom stereocenters. The summed E-state index contributed by atoms with van der Waals surface area (Å²) in [6, 6.07) is 12.8. The quantitative estimate of drug-likeness (QED) is 0.664. The third-order valence-corrected chi connectivity index (χ3v) is 2.72. The van der Waals surface area contributed by atoms with Crippen molar-refractivity contribution in [1.29, 1.82) is 0 Å². The van der Waals surface area contributed by atoms with Crippen LogP contribution in [0.2, 0.25) is 0 Å². The molecule has 1 N–H and O–H groups in total. The van der Waals surface area contributed by atoms with E-state index in [1.165, 1.54) is 18.2 Å². The van der Waals surface area contributed by atoms with Crippen LogP contribution in [0.15, 0.2) is 48.5 Å².